The molecule has 2 aromatic heterocycles. The molecule has 8 nitrogen and oxygen atoms in total. The Morgan fingerprint density at radius 3 is 2.70 bits per heavy atom. The second-order valence-corrected chi connectivity index (χ2v) is 7.54. The zero-order chi connectivity index (χ0) is 21.1. The maximum atomic E-state index is 11.4. The molecule has 0 atom stereocenters. The van der Waals surface area contributed by atoms with Crippen LogP contribution in [0.25, 0.3) is 10.9 Å². The van der Waals surface area contributed by atoms with E-state index in [1.54, 1.807) is 6.07 Å². The first-order chi connectivity index (χ1) is 14.5. The highest BCUT2D eigenvalue weighted by Gasteiger charge is 2.18. The first-order valence-electron chi connectivity index (χ1n) is 10.3. The van der Waals surface area contributed by atoms with E-state index < -0.39 is 0 Å². The number of benzene rings is 1. The van der Waals surface area contributed by atoms with Crippen LogP contribution >= 0.6 is 0 Å². The zero-order valence-electron chi connectivity index (χ0n) is 17.3. The minimum atomic E-state index is -0.383. The standard InChI is InChI=1S/C22H26N6O2/c1-3-26-9-11-27(12-10-26)21-14-17(7-8-23-21)15-24-19-13-16(2)25-22-18(19)5-4-6-20(22)28(29)30/h4-8,13-14H,3,9-12,15H2,1-2H3,(H,24,25). The van der Waals surface area contributed by atoms with Gasteiger partial charge in [-0.25, -0.2) is 9.97 Å². The van der Waals surface area contributed by atoms with Crippen molar-refractivity contribution in [2.45, 2.75) is 20.4 Å². The second kappa shape index (κ2) is 8.62. The third kappa shape index (κ3) is 4.18. The van der Waals surface area contributed by atoms with Crippen LogP contribution in [0.15, 0.2) is 42.6 Å². The van der Waals surface area contributed by atoms with Gasteiger partial charge < -0.3 is 15.1 Å². The third-order valence-electron chi connectivity index (χ3n) is 5.58. The Kier molecular flexibility index (Phi) is 5.76. The fourth-order valence-corrected chi connectivity index (χ4v) is 3.89. The number of piperazine rings is 1. The molecule has 0 spiro atoms. The van der Waals surface area contributed by atoms with Gasteiger partial charge in [-0.05, 0) is 37.2 Å². The molecule has 30 heavy (non-hydrogen) atoms. The van der Waals surface area contributed by atoms with E-state index in [0.717, 1.165) is 60.9 Å². The second-order valence-electron chi connectivity index (χ2n) is 7.54. The number of likely N-dealkylation sites (N-methyl/N-ethyl adjacent to an activating group) is 1. The lowest BCUT2D eigenvalue weighted by molar-refractivity contribution is -0.383. The Morgan fingerprint density at radius 1 is 1.17 bits per heavy atom. The molecule has 1 aliphatic rings. The summed E-state index contributed by atoms with van der Waals surface area (Å²) in [6, 6.07) is 11.1. The predicted octanol–water partition coefficient (Wildman–Crippen LogP) is 3.60. The lowest BCUT2D eigenvalue weighted by Crippen LogP contribution is -2.46. The van der Waals surface area contributed by atoms with Crippen molar-refractivity contribution in [3.8, 4) is 0 Å². The molecule has 4 rings (SSSR count). The number of pyridine rings is 2. The summed E-state index contributed by atoms with van der Waals surface area (Å²) < 4.78 is 0. The number of para-hydroxylation sites is 1. The van der Waals surface area contributed by atoms with E-state index in [9.17, 15) is 10.1 Å². The van der Waals surface area contributed by atoms with Gasteiger partial charge in [-0.1, -0.05) is 19.1 Å². The van der Waals surface area contributed by atoms with E-state index in [4.69, 9.17) is 0 Å². The van der Waals surface area contributed by atoms with Gasteiger partial charge in [0.05, 0.1) is 4.92 Å². The van der Waals surface area contributed by atoms with Crippen LogP contribution in [-0.4, -0.2) is 52.5 Å². The summed E-state index contributed by atoms with van der Waals surface area (Å²) in [5.74, 6) is 0.997. The fourth-order valence-electron chi connectivity index (χ4n) is 3.89. The van der Waals surface area contributed by atoms with Gasteiger partial charge in [-0.3, -0.25) is 10.1 Å². The van der Waals surface area contributed by atoms with Gasteiger partial charge in [-0.2, -0.15) is 0 Å². The molecule has 0 saturated carbocycles. The van der Waals surface area contributed by atoms with E-state index in [0.29, 0.717) is 12.1 Å². The van der Waals surface area contributed by atoms with Crippen LogP contribution in [0.1, 0.15) is 18.2 Å². The fraction of sp³-hybridized carbons (Fsp3) is 0.364. The van der Waals surface area contributed by atoms with Crippen LogP contribution in [0.5, 0.6) is 0 Å². The number of nitro groups is 1. The van der Waals surface area contributed by atoms with Gasteiger partial charge in [0.1, 0.15) is 5.82 Å². The molecule has 0 unspecified atom stereocenters. The Hall–Kier alpha value is -3.26. The summed E-state index contributed by atoms with van der Waals surface area (Å²) in [6.07, 6.45) is 1.85. The lowest BCUT2D eigenvalue weighted by Gasteiger charge is -2.34. The number of nitrogens with one attached hydrogen (secondary N) is 1. The number of anilines is 2. The molecule has 1 N–H and O–H groups in total. The Balaban J connectivity index is 1.54. The lowest BCUT2D eigenvalue weighted by atomic mass is 10.1. The zero-order valence-corrected chi connectivity index (χ0v) is 17.3. The van der Waals surface area contributed by atoms with Crippen molar-refractivity contribution >= 4 is 28.1 Å². The summed E-state index contributed by atoms with van der Waals surface area (Å²) in [5.41, 5.74) is 3.14. The van der Waals surface area contributed by atoms with Crippen molar-refractivity contribution in [3.63, 3.8) is 0 Å². The van der Waals surface area contributed by atoms with E-state index in [2.05, 4.69) is 38.1 Å². The topological polar surface area (TPSA) is 87.4 Å². The highest BCUT2D eigenvalue weighted by atomic mass is 16.6. The third-order valence-corrected chi connectivity index (χ3v) is 5.58. The maximum absolute atomic E-state index is 11.4. The normalized spacial score (nSPS) is 14.8. The molecule has 0 amide bonds. The largest absolute Gasteiger partial charge is 0.380 e. The molecule has 3 aromatic rings. The van der Waals surface area contributed by atoms with Gasteiger partial charge >= 0.3 is 0 Å². The molecule has 0 aliphatic carbocycles. The molecule has 3 heterocycles. The maximum Gasteiger partial charge on any atom is 0.295 e. The van der Waals surface area contributed by atoms with Crippen molar-refractivity contribution in [1.82, 2.24) is 14.9 Å². The number of hydrogen-bond donors (Lipinski definition) is 1. The Bertz CT molecular complexity index is 1060. The number of aromatic nitrogens is 2. The molecule has 156 valence electrons. The first-order valence-corrected chi connectivity index (χ1v) is 10.3. The summed E-state index contributed by atoms with van der Waals surface area (Å²) in [4.78, 5) is 24.7. The quantitative estimate of drug-likeness (QED) is 0.494. The molecule has 0 radical (unpaired) electrons. The minimum absolute atomic E-state index is 0.0247. The van der Waals surface area contributed by atoms with E-state index >= 15 is 0 Å². The number of aryl methyl sites for hydroxylation is 1. The van der Waals surface area contributed by atoms with Crippen LogP contribution in [0.4, 0.5) is 17.2 Å². The Morgan fingerprint density at radius 2 is 1.97 bits per heavy atom. The van der Waals surface area contributed by atoms with Crippen molar-refractivity contribution in [1.29, 1.82) is 0 Å². The van der Waals surface area contributed by atoms with Gasteiger partial charge in [0.15, 0.2) is 5.52 Å². The molecule has 0 bridgehead atoms. The van der Waals surface area contributed by atoms with Crippen molar-refractivity contribution in [3.05, 3.63) is 64.0 Å². The number of nitrogens with zero attached hydrogens (tertiary/aromatic N) is 5. The number of nitro benzene ring substituents is 1. The van der Waals surface area contributed by atoms with Gasteiger partial charge in [0.2, 0.25) is 0 Å². The highest BCUT2D eigenvalue weighted by molar-refractivity contribution is 5.96. The van der Waals surface area contributed by atoms with Crippen LogP contribution in [0.2, 0.25) is 0 Å². The number of fused-ring (bicyclic) bond motifs is 1. The van der Waals surface area contributed by atoms with Crippen LogP contribution < -0.4 is 10.2 Å². The average Bonchev–Trinajstić information content (AvgIpc) is 2.77. The van der Waals surface area contributed by atoms with Gasteiger partial charge in [0.25, 0.3) is 5.69 Å². The number of rotatable bonds is 6. The van der Waals surface area contributed by atoms with Crippen molar-refractivity contribution < 1.29 is 4.92 Å². The molecule has 1 fully saturated rings. The van der Waals surface area contributed by atoms with Crippen LogP contribution in [0, 0.1) is 17.0 Å². The summed E-state index contributed by atoms with van der Waals surface area (Å²) >= 11 is 0. The van der Waals surface area contributed by atoms with Crippen LogP contribution in [0.3, 0.4) is 0 Å². The van der Waals surface area contributed by atoms with Crippen molar-refractivity contribution in [2.24, 2.45) is 0 Å². The highest BCUT2D eigenvalue weighted by Crippen LogP contribution is 2.30. The van der Waals surface area contributed by atoms with Gasteiger partial charge in [0, 0.05) is 61.8 Å². The predicted molar refractivity (Wildman–Crippen MR) is 119 cm³/mol. The smallest absolute Gasteiger partial charge is 0.295 e. The molecule has 1 saturated heterocycles. The molecule has 1 aromatic carbocycles. The van der Waals surface area contributed by atoms with E-state index in [-0.39, 0.29) is 10.6 Å². The number of non-ortho nitro benzene ring substituents is 1. The molecular formula is C22H26N6O2. The van der Waals surface area contributed by atoms with Gasteiger partial charge in [-0.15, -0.1) is 0 Å². The first kappa shape index (κ1) is 20.0. The summed E-state index contributed by atoms with van der Waals surface area (Å²) in [5, 5.41) is 15.6. The molecular weight excluding hydrogens is 380 g/mol. The molecule has 1 aliphatic heterocycles. The van der Waals surface area contributed by atoms with E-state index in [1.165, 1.54) is 6.07 Å². The molecule has 8 heteroatoms. The van der Waals surface area contributed by atoms with Crippen LogP contribution in [-0.2, 0) is 6.54 Å². The minimum Gasteiger partial charge on any atom is -0.380 e. The SMILES string of the molecule is CCN1CCN(c2cc(CNc3cc(C)nc4c([N+](=O)[O-])cccc34)ccn2)CC1. The Labute approximate surface area is 175 Å². The summed E-state index contributed by atoms with van der Waals surface area (Å²) in [6.45, 7) is 9.81. The van der Waals surface area contributed by atoms with Crippen molar-refractivity contribution in [2.75, 3.05) is 42.9 Å². The van der Waals surface area contributed by atoms with E-state index in [1.807, 2.05) is 31.3 Å². The number of hydrogen-bond acceptors (Lipinski definition) is 7. The monoisotopic (exact) mass is 406 g/mol. The summed E-state index contributed by atoms with van der Waals surface area (Å²) in [7, 11) is 0. The average molecular weight is 406 g/mol.